The van der Waals surface area contributed by atoms with Crippen LogP contribution in [0.15, 0.2) is 54.9 Å². The molecule has 1 aliphatic carbocycles. The molecule has 3 amide bonds. The van der Waals surface area contributed by atoms with Gasteiger partial charge >= 0.3 is 0 Å². The van der Waals surface area contributed by atoms with Gasteiger partial charge in [-0.2, -0.15) is 0 Å². The first kappa shape index (κ1) is 24.8. The lowest BCUT2D eigenvalue weighted by Gasteiger charge is -2.44. The first-order chi connectivity index (χ1) is 17.8. The molecule has 1 atom stereocenters. The van der Waals surface area contributed by atoms with Gasteiger partial charge in [-0.15, -0.1) is 0 Å². The molecule has 1 aliphatic heterocycles. The molecule has 0 unspecified atom stereocenters. The monoisotopic (exact) mass is 521 g/mol. The van der Waals surface area contributed by atoms with Crippen LogP contribution < -0.4 is 15.4 Å². The highest BCUT2D eigenvalue weighted by molar-refractivity contribution is 6.31. The first-order valence-electron chi connectivity index (χ1n) is 12.1. The Hall–Kier alpha value is -3.85. The van der Waals surface area contributed by atoms with Crippen LogP contribution in [0.5, 0.6) is 5.75 Å². The third-order valence-electron chi connectivity index (χ3n) is 6.89. The van der Waals surface area contributed by atoms with Crippen molar-refractivity contribution in [2.24, 2.45) is 0 Å². The number of nitrogens with one attached hydrogen (secondary N) is 2. The third kappa shape index (κ3) is 4.79. The van der Waals surface area contributed by atoms with Crippen molar-refractivity contribution in [2.45, 2.75) is 51.0 Å². The quantitative estimate of drug-likeness (QED) is 0.473. The number of aromatic nitrogens is 2. The van der Waals surface area contributed by atoms with Gasteiger partial charge in [0.15, 0.2) is 5.69 Å². The number of carbonyl (C=O) groups is 3. The average molecular weight is 522 g/mol. The molecule has 0 bridgehead atoms. The fourth-order valence-corrected chi connectivity index (χ4v) is 4.94. The summed E-state index contributed by atoms with van der Waals surface area (Å²) >= 11 is 6.20. The van der Waals surface area contributed by atoms with Crippen molar-refractivity contribution < 1.29 is 19.1 Å². The molecule has 10 heteroatoms. The van der Waals surface area contributed by atoms with E-state index in [4.69, 9.17) is 16.3 Å². The highest BCUT2D eigenvalue weighted by atomic mass is 35.5. The maximum Gasteiger partial charge on any atom is 0.274 e. The van der Waals surface area contributed by atoms with E-state index < -0.39 is 11.4 Å². The molecule has 5 rings (SSSR count). The summed E-state index contributed by atoms with van der Waals surface area (Å²) in [6.45, 7) is 2.49. The van der Waals surface area contributed by atoms with E-state index in [-0.39, 0.29) is 42.3 Å². The fraction of sp³-hybridized carbons (Fsp3) is 0.333. The molecule has 37 heavy (non-hydrogen) atoms. The third-order valence-corrected chi connectivity index (χ3v) is 7.26. The number of methoxy groups -OCH3 is 1. The number of hydrogen-bond donors (Lipinski definition) is 2. The second kappa shape index (κ2) is 9.89. The van der Waals surface area contributed by atoms with Gasteiger partial charge in [0.2, 0.25) is 5.91 Å². The summed E-state index contributed by atoms with van der Waals surface area (Å²) in [7, 11) is 1.60. The summed E-state index contributed by atoms with van der Waals surface area (Å²) in [6, 6.07) is 14.6. The van der Waals surface area contributed by atoms with Gasteiger partial charge in [-0.3, -0.25) is 14.4 Å². The van der Waals surface area contributed by atoms with Crippen molar-refractivity contribution in [1.82, 2.24) is 25.1 Å². The van der Waals surface area contributed by atoms with E-state index in [0.29, 0.717) is 11.6 Å². The Morgan fingerprint density at radius 2 is 1.84 bits per heavy atom. The topological polar surface area (TPSA) is 106 Å². The number of rotatable bonds is 8. The van der Waals surface area contributed by atoms with Crippen LogP contribution in [0.3, 0.4) is 0 Å². The largest absolute Gasteiger partial charge is 0.497 e. The lowest BCUT2D eigenvalue weighted by atomic mass is 9.93. The van der Waals surface area contributed by atoms with Crippen molar-refractivity contribution in [2.75, 3.05) is 7.11 Å². The smallest absolute Gasteiger partial charge is 0.274 e. The number of carbonyl (C=O) groups excluding carboxylic acids is 3. The predicted molar refractivity (Wildman–Crippen MR) is 137 cm³/mol. The van der Waals surface area contributed by atoms with Gasteiger partial charge < -0.3 is 24.8 Å². The Morgan fingerprint density at radius 3 is 2.51 bits per heavy atom. The highest BCUT2D eigenvalue weighted by Gasteiger charge is 2.53. The van der Waals surface area contributed by atoms with Crippen molar-refractivity contribution in [3.63, 3.8) is 0 Å². The van der Waals surface area contributed by atoms with Crippen LogP contribution in [-0.2, 0) is 24.4 Å². The average Bonchev–Trinajstić information content (AvgIpc) is 3.64. The molecule has 1 saturated carbocycles. The van der Waals surface area contributed by atoms with Gasteiger partial charge in [0.05, 0.1) is 20.0 Å². The second-order valence-corrected chi connectivity index (χ2v) is 9.96. The van der Waals surface area contributed by atoms with Gasteiger partial charge in [-0.1, -0.05) is 41.9 Å². The van der Waals surface area contributed by atoms with Gasteiger partial charge in [0.1, 0.15) is 17.0 Å². The minimum absolute atomic E-state index is 0.0448. The molecule has 2 heterocycles. The lowest BCUT2D eigenvalue weighted by Crippen LogP contribution is -2.64. The maximum absolute atomic E-state index is 13.7. The summed E-state index contributed by atoms with van der Waals surface area (Å²) in [5.74, 6) is -0.353. The number of imidazole rings is 1. The molecule has 2 N–H and O–H groups in total. The van der Waals surface area contributed by atoms with Crippen LogP contribution in [0.25, 0.3) is 0 Å². The minimum atomic E-state index is -1.12. The van der Waals surface area contributed by atoms with Crippen molar-refractivity contribution >= 4 is 29.3 Å². The molecular formula is C27H28ClN5O4. The predicted octanol–water partition coefficient (Wildman–Crippen LogP) is 3.17. The number of benzene rings is 2. The molecule has 2 aromatic carbocycles. The zero-order valence-electron chi connectivity index (χ0n) is 20.7. The van der Waals surface area contributed by atoms with E-state index in [2.05, 4.69) is 15.6 Å². The van der Waals surface area contributed by atoms with Crippen LogP contribution in [-0.4, -0.2) is 50.9 Å². The Bertz CT molecular complexity index is 1350. The van der Waals surface area contributed by atoms with E-state index in [0.717, 1.165) is 29.7 Å². The molecule has 9 nitrogen and oxygen atoms in total. The van der Waals surface area contributed by atoms with Crippen molar-refractivity contribution in [3.8, 4) is 5.75 Å². The molecule has 2 aliphatic rings. The van der Waals surface area contributed by atoms with Crippen molar-refractivity contribution in [1.29, 1.82) is 0 Å². The maximum atomic E-state index is 13.7. The van der Waals surface area contributed by atoms with E-state index in [1.807, 2.05) is 42.5 Å². The van der Waals surface area contributed by atoms with E-state index in [9.17, 15) is 14.4 Å². The Morgan fingerprint density at radius 1 is 1.11 bits per heavy atom. The molecule has 0 spiro atoms. The van der Waals surface area contributed by atoms with Crippen LogP contribution in [0.2, 0.25) is 5.02 Å². The summed E-state index contributed by atoms with van der Waals surface area (Å²) in [4.78, 5) is 46.1. The molecule has 3 aromatic rings. The zero-order valence-corrected chi connectivity index (χ0v) is 21.4. The van der Waals surface area contributed by atoms with E-state index in [1.165, 1.54) is 6.33 Å². The number of halogens is 1. The number of ether oxygens (including phenoxy) is 1. The zero-order chi connectivity index (χ0) is 26.2. The van der Waals surface area contributed by atoms with Crippen molar-refractivity contribution in [3.05, 3.63) is 82.4 Å². The van der Waals surface area contributed by atoms with E-state index >= 15 is 0 Å². The summed E-state index contributed by atoms with van der Waals surface area (Å²) in [5, 5.41) is 6.33. The van der Waals surface area contributed by atoms with Gasteiger partial charge in [0.25, 0.3) is 11.8 Å². The summed E-state index contributed by atoms with van der Waals surface area (Å²) < 4.78 is 6.80. The minimum Gasteiger partial charge on any atom is -0.497 e. The standard InChI is InChI=1S/C27H28ClN5O4/c1-27(26(36)30-13-17-7-11-20(37-2)12-8-17)15-32-16-31-22(23(32)25(35)33(27)19-9-10-19)24(34)29-14-18-5-3-4-6-21(18)28/h3-8,11-12,16,19H,9-10,13-15H2,1-2H3,(H,29,34)(H,30,36)/t27-/m1/s1. The van der Waals surface area contributed by atoms with Crippen LogP contribution in [0.4, 0.5) is 0 Å². The first-order valence-corrected chi connectivity index (χ1v) is 12.5. The Labute approximate surface area is 219 Å². The van der Waals surface area contributed by atoms with Gasteiger partial charge in [0, 0.05) is 24.2 Å². The van der Waals surface area contributed by atoms with Crippen LogP contribution in [0, 0.1) is 0 Å². The Kier molecular flexibility index (Phi) is 6.64. The Balaban J connectivity index is 1.35. The second-order valence-electron chi connectivity index (χ2n) is 9.55. The number of amides is 3. The summed E-state index contributed by atoms with van der Waals surface area (Å²) in [5.41, 5.74) is 0.799. The molecular weight excluding hydrogens is 494 g/mol. The fourth-order valence-electron chi connectivity index (χ4n) is 4.74. The molecule has 1 aromatic heterocycles. The van der Waals surface area contributed by atoms with Crippen LogP contribution in [0.1, 0.15) is 51.9 Å². The van der Waals surface area contributed by atoms with Gasteiger partial charge in [-0.05, 0) is 49.1 Å². The molecule has 1 fully saturated rings. The van der Waals surface area contributed by atoms with E-state index in [1.54, 1.807) is 29.6 Å². The molecule has 0 radical (unpaired) electrons. The number of nitrogens with zero attached hydrogens (tertiary/aromatic N) is 3. The number of hydrogen-bond acceptors (Lipinski definition) is 5. The summed E-state index contributed by atoms with van der Waals surface area (Å²) in [6.07, 6.45) is 3.08. The normalized spacial score (nSPS) is 18.8. The van der Waals surface area contributed by atoms with Crippen LogP contribution >= 0.6 is 11.6 Å². The highest BCUT2D eigenvalue weighted by Crippen LogP contribution is 2.39. The number of fused-ring (bicyclic) bond motifs is 1. The molecule has 0 saturated heterocycles. The van der Waals surface area contributed by atoms with Gasteiger partial charge in [-0.25, -0.2) is 4.98 Å². The SMILES string of the molecule is COc1ccc(CNC(=O)[C@@]2(C)Cn3cnc(C(=O)NCc4ccccc4Cl)c3C(=O)N2C2CC2)cc1. The molecule has 192 valence electrons. The lowest BCUT2D eigenvalue weighted by molar-refractivity contribution is -0.133.